The van der Waals surface area contributed by atoms with Gasteiger partial charge in [-0.25, -0.2) is 8.42 Å². The number of sulfonamides is 1. The van der Waals surface area contributed by atoms with Crippen LogP contribution in [0.4, 0.5) is 11.4 Å². The van der Waals surface area contributed by atoms with E-state index < -0.39 is 15.9 Å². The number of nitrogens with zero attached hydrogens (tertiary/aromatic N) is 1. The van der Waals surface area contributed by atoms with Crippen LogP contribution in [-0.4, -0.2) is 34.1 Å². The van der Waals surface area contributed by atoms with Gasteiger partial charge in [0.25, 0.3) is 10.0 Å². The second-order valence-corrected chi connectivity index (χ2v) is 8.43. The van der Waals surface area contributed by atoms with Crippen LogP contribution in [0.3, 0.4) is 0 Å². The fourth-order valence-electron chi connectivity index (χ4n) is 3.08. The number of carbonyl (C=O) groups is 1. The van der Waals surface area contributed by atoms with Crippen molar-refractivity contribution in [3.05, 3.63) is 78.9 Å². The summed E-state index contributed by atoms with van der Waals surface area (Å²) >= 11 is 0. The smallest absolute Gasteiger partial charge is 0.264 e. The summed E-state index contributed by atoms with van der Waals surface area (Å²) in [7, 11) is -3.93. The molecule has 4 rings (SSSR count). The summed E-state index contributed by atoms with van der Waals surface area (Å²) in [6.07, 6.45) is 0. The fraction of sp³-hybridized carbons (Fsp3) is 0.136. The Kier molecular flexibility index (Phi) is 5.58. The molecule has 30 heavy (non-hydrogen) atoms. The number of nitrogens with one attached hydrogen (secondary N) is 1. The molecule has 0 aliphatic carbocycles. The van der Waals surface area contributed by atoms with Gasteiger partial charge in [0.2, 0.25) is 5.91 Å². The van der Waals surface area contributed by atoms with Crippen LogP contribution in [0.2, 0.25) is 0 Å². The topological polar surface area (TPSA) is 84.9 Å². The van der Waals surface area contributed by atoms with Crippen LogP contribution in [0, 0.1) is 0 Å². The zero-order valence-corrected chi connectivity index (χ0v) is 16.8. The largest absolute Gasteiger partial charge is 0.486 e. The van der Waals surface area contributed by atoms with Crippen LogP contribution in [0.1, 0.15) is 0 Å². The van der Waals surface area contributed by atoms with E-state index in [0.717, 1.165) is 4.31 Å². The lowest BCUT2D eigenvalue weighted by atomic mass is 10.2. The first kappa shape index (κ1) is 19.8. The molecule has 0 spiro atoms. The summed E-state index contributed by atoms with van der Waals surface area (Å²) in [6.45, 7) is 0.527. The molecule has 0 aromatic heterocycles. The van der Waals surface area contributed by atoms with Crippen molar-refractivity contribution in [3.63, 3.8) is 0 Å². The number of fused-ring (bicyclic) bond motifs is 1. The zero-order valence-electron chi connectivity index (χ0n) is 16.0. The van der Waals surface area contributed by atoms with Crippen LogP contribution in [0.25, 0.3) is 0 Å². The summed E-state index contributed by atoms with van der Waals surface area (Å²) in [4.78, 5) is 12.9. The van der Waals surface area contributed by atoms with Gasteiger partial charge in [-0.05, 0) is 36.4 Å². The van der Waals surface area contributed by atoms with Gasteiger partial charge in [-0.15, -0.1) is 0 Å². The second-order valence-electron chi connectivity index (χ2n) is 6.57. The minimum Gasteiger partial charge on any atom is -0.486 e. The first-order valence-electron chi connectivity index (χ1n) is 9.36. The van der Waals surface area contributed by atoms with E-state index in [2.05, 4.69) is 5.32 Å². The van der Waals surface area contributed by atoms with Crippen molar-refractivity contribution in [1.82, 2.24) is 0 Å². The van der Waals surface area contributed by atoms with Crippen LogP contribution in [0.15, 0.2) is 83.8 Å². The maximum atomic E-state index is 13.2. The Labute approximate surface area is 174 Å². The van der Waals surface area contributed by atoms with Gasteiger partial charge in [-0.2, -0.15) is 0 Å². The Hall–Kier alpha value is -3.52. The zero-order chi connectivity index (χ0) is 21.0. The molecule has 0 bridgehead atoms. The molecule has 1 aliphatic rings. The molecule has 3 aromatic carbocycles. The summed E-state index contributed by atoms with van der Waals surface area (Å²) < 4.78 is 38.5. The van der Waals surface area contributed by atoms with Crippen LogP contribution in [0.5, 0.6) is 11.5 Å². The number of benzene rings is 3. The number of rotatable bonds is 6. The van der Waals surface area contributed by atoms with Crippen LogP contribution >= 0.6 is 0 Å². The highest BCUT2D eigenvalue weighted by atomic mass is 32.2. The number of para-hydroxylation sites is 1. The molecule has 7 nitrogen and oxygen atoms in total. The van der Waals surface area contributed by atoms with Crippen molar-refractivity contribution in [2.75, 3.05) is 29.4 Å². The SMILES string of the molecule is O=C(CN(c1ccccc1)S(=O)(=O)c1ccccc1)Nc1ccc2c(c1)OCCO2. The fourth-order valence-corrected chi connectivity index (χ4v) is 4.52. The quantitative estimate of drug-likeness (QED) is 0.656. The molecule has 0 fully saturated rings. The lowest BCUT2D eigenvalue weighted by Gasteiger charge is -2.24. The molecule has 0 saturated carbocycles. The van der Waals surface area contributed by atoms with Gasteiger partial charge >= 0.3 is 0 Å². The Morgan fingerprint density at radius 3 is 2.20 bits per heavy atom. The molecular weight excluding hydrogens is 404 g/mol. The average Bonchev–Trinajstić information content (AvgIpc) is 2.78. The molecule has 154 valence electrons. The highest BCUT2D eigenvalue weighted by molar-refractivity contribution is 7.92. The van der Waals surface area contributed by atoms with E-state index >= 15 is 0 Å². The third-order valence-corrected chi connectivity index (χ3v) is 6.28. The molecule has 0 saturated heterocycles. The highest BCUT2D eigenvalue weighted by Crippen LogP contribution is 2.32. The van der Waals surface area contributed by atoms with E-state index in [4.69, 9.17) is 9.47 Å². The molecule has 1 amide bonds. The summed E-state index contributed by atoms with van der Waals surface area (Å²) in [5.41, 5.74) is 0.896. The van der Waals surface area contributed by atoms with Crippen LogP contribution < -0.4 is 19.1 Å². The Balaban J connectivity index is 1.58. The monoisotopic (exact) mass is 424 g/mol. The highest BCUT2D eigenvalue weighted by Gasteiger charge is 2.27. The number of ether oxygens (including phenoxy) is 2. The van der Waals surface area contributed by atoms with Gasteiger partial charge in [-0.3, -0.25) is 9.10 Å². The predicted molar refractivity (Wildman–Crippen MR) is 113 cm³/mol. The number of amides is 1. The maximum absolute atomic E-state index is 13.2. The van der Waals surface area contributed by atoms with Crippen LogP contribution in [-0.2, 0) is 14.8 Å². The third kappa shape index (κ3) is 4.23. The number of carbonyl (C=O) groups excluding carboxylic acids is 1. The van der Waals surface area contributed by atoms with E-state index in [1.54, 1.807) is 66.7 Å². The van der Waals surface area contributed by atoms with E-state index in [-0.39, 0.29) is 11.4 Å². The Morgan fingerprint density at radius 2 is 1.50 bits per heavy atom. The molecular formula is C22H20N2O5S. The van der Waals surface area contributed by atoms with Crippen molar-refractivity contribution in [2.24, 2.45) is 0 Å². The molecule has 1 N–H and O–H groups in total. The van der Waals surface area contributed by atoms with Gasteiger partial charge in [0, 0.05) is 11.8 Å². The molecule has 0 atom stereocenters. The Morgan fingerprint density at radius 1 is 0.867 bits per heavy atom. The molecule has 3 aromatic rings. The lowest BCUT2D eigenvalue weighted by Crippen LogP contribution is -2.38. The van der Waals surface area contributed by atoms with Crippen molar-refractivity contribution >= 4 is 27.3 Å². The van der Waals surface area contributed by atoms with Crippen molar-refractivity contribution in [2.45, 2.75) is 4.90 Å². The van der Waals surface area contributed by atoms with E-state index in [0.29, 0.717) is 36.1 Å². The minimum absolute atomic E-state index is 0.112. The third-order valence-electron chi connectivity index (χ3n) is 4.49. The van der Waals surface area contributed by atoms with Gasteiger partial charge in [-0.1, -0.05) is 36.4 Å². The average molecular weight is 424 g/mol. The second kappa shape index (κ2) is 8.46. The Bertz CT molecular complexity index is 1130. The molecule has 0 unspecified atom stereocenters. The standard InChI is InChI=1S/C22H20N2O5S/c25-22(23-17-11-12-20-21(15-17)29-14-13-28-20)16-24(18-7-3-1-4-8-18)30(26,27)19-9-5-2-6-10-19/h1-12,15H,13-14,16H2,(H,23,25). The lowest BCUT2D eigenvalue weighted by molar-refractivity contribution is -0.114. The predicted octanol–water partition coefficient (Wildman–Crippen LogP) is 3.29. The van der Waals surface area contributed by atoms with Gasteiger partial charge in [0.05, 0.1) is 10.6 Å². The van der Waals surface area contributed by atoms with Crippen molar-refractivity contribution < 1.29 is 22.7 Å². The van der Waals surface area contributed by atoms with Crippen molar-refractivity contribution in [3.8, 4) is 11.5 Å². The van der Waals surface area contributed by atoms with E-state index in [9.17, 15) is 13.2 Å². The summed E-state index contributed by atoms with van der Waals surface area (Å²) in [5, 5.41) is 2.74. The first-order chi connectivity index (χ1) is 14.5. The van der Waals surface area contributed by atoms with Gasteiger partial charge in [0.1, 0.15) is 19.8 Å². The molecule has 0 radical (unpaired) electrons. The number of anilines is 2. The summed E-state index contributed by atoms with van der Waals surface area (Å²) in [5.74, 6) is 0.669. The first-order valence-corrected chi connectivity index (χ1v) is 10.8. The summed E-state index contributed by atoms with van der Waals surface area (Å²) in [6, 6.07) is 21.6. The van der Waals surface area contributed by atoms with E-state index in [1.807, 2.05) is 0 Å². The number of hydrogen-bond acceptors (Lipinski definition) is 5. The maximum Gasteiger partial charge on any atom is 0.264 e. The molecule has 1 aliphatic heterocycles. The normalized spacial score (nSPS) is 12.8. The van der Waals surface area contributed by atoms with E-state index in [1.165, 1.54) is 12.1 Å². The van der Waals surface area contributed by atoms with Crippen molar-refractivity contribution in [1.29, 1.82) is 0 Å². The van der Waals surface area contributed by atoms with Gasteiger partial charge in [0.15, 0.2) is 11.5 Å². The minimum atomic E-state index is -3.93. The number of hydrogen-bond donors (Lipinski definition) is 1. The molecule has 1 heterocycles. The van der Waals surface area contributed by atoms with Gasteiger partial charge < -0.3 is 14.8 Å². The molecule has 8 heteroatoms.